The van der Waals surface area contributed by atoms with Gasteiger partial charge in [0.25, 0.3) is 0 Å². The number of rotatable bonds is 6. The molecule has 0 radical (unpaired) electrons. The van der Waals surface area contributed by atoms with Crippen molar-refractivity contribution < 1.29 is 0 Å². The second-order valence-corrected chi connectivity index (χ2v) is 12.5. The minimum atomic E-state index is 0.859. The minimum Gasteiger partial charge on any atom is -0.307 e. The number of fused-ring (bicyclic) bond motifs is 8. The number of allylic oxidation sites excluding steroid dienone is 5. The van der Waals surface area contributed by atoms with Gasteiger partial charge in [0.05, 0.1) is 39.5 Å². The molecule has 0 fully saturated rings. The fraction of sp³-hybridized carbons (Fsp3) is 0. The lowest BCUT2D eigenvalue weighted by Crippen LogP contribution is -2.04. The van der Waals surface area contributed by atoms with Gasteiger partial charge in [0, 0.05) is 27.6 Å². The first kappa shape index (κ1) is 29.3. The third-order valence-corrected chi connectivity index (χ3v) is 9.79. The zero-order valence-corrected chi connectivity index (χ0v) is 27.3. The van der Waals surface area contributed by atoms with Crippen molar-refractivity contribution in [3.05, 3.63) is 183 Å². The molecule has 0 unspecified atom stereocenters. The summed E-state index contributed by atoms with van der Waals surface area (Å²) in [5.74, 6) is 0. The summed E-state index contributed by atoms with van der Waals surface area (Å²) in [6, 6.07) is 58.2. The van der Waals surface area contributed by atoms with Crippen LogP contribution in [-0.4, -0.2) is 9.13 Å². The number of hydrogen-bond acceptors (Lipinski definition) is 1. The van der Waals surface area contributed by atoms with Crippen molar-refractivity contribution in [2.45, 2.75) is 0 Å². The van der Waals surface area contributed by atoms with Crippen LogP contribution < -0.4 is 0 Å². The van der Waals surface area contributed by atoms with Crippen LogP contribution in [-0.2, 0) is 0 Å². The summed E-state index contributed by atoms with van der Waals surface area (Å²) in [5, 5.41) is 17.0. The van der Waals surface area contributed by atoms with E-state index in [0.29, 0.717) is 0 Å². The molecule has 9 aromatic rings. The predicted octanol–water partition coefficient (Wildman–Crippen LogP) is 12.5. The van der Waals surface area contributed by atoms with Crippen molar-refractivity contribution >= 4 is 65.8 Å². The molecule has 2 aromatic heterocycles. The fourth-order valence-corrected chi connectivity index (χ4v) is 7.60. The Morgan fingerprint density at radius 1 is 0.480 bits per heavy atom. The predicted molar refractivity (Wildman–Crippen MR) is 212 cm³/mol. The number of nitrogens with zero attached hydrogens (tertiary/aromatic N) is 3. The van der Waals surface area contributed by atoms with Crippen LogP contribution in [0.2, 0.25) is 0 Å². The quantitative estimate of drug-likeness (QED) is 0.132. The average Bonchev–Trinajstić information content (AvgIpc) is 3.69. The van der Waals surface area contributed by atoms with Gasteiger partial charge in [-0.1, -0.05) is 128 Å². The summed E-state index contributed by atoms with van der Waals surface area (Å²) in [6.45, 7) is 4.39. The molecule has 3 heteroatoms. The maximum atomic E-state index is 9.91. The second-order valence-electron chi connectivity index (χ2n) is 12.5. The lowest BCUT2D eigenvalue weighted by molar-refractivity contribution is 1.18. The molecule has 0 aliphatic carbocycles. The van der Waals surface area contributed by atoms with Gasteiger partial charge in [-0.15, -0.1) is 0 Å². The molecule has 50 heavy (non-hydrogen) atoms. The van der Waals surface area contributed by atoms with E-state index in [9.17, 15) is 5.26 Å². The van der Waals surface area contributed by atoms with Gasteiger partial charge in [-0.25, -0.2) is 0 Å². The molecule has 0 aliphatic rings. The number of benzene rings is 7. The van der Waals surface area contributed by atoms with Gasteiger partial charge in [-0.3, -0.25) is 0 Å². The van der Waals surface area contributed by atoms with Crippen LogP contribution in [0.5, 0.6) is 0 Å². The van der Waals surface area contributed by atoms with E-state index in [-0.39, 0.29) is 0 Å². The molecule has 9 rings (SSSR count). The standard InChI is InChI=1S/C47H31N3/c1-2-41(49-42-21-12-11-20-38(42)47-37-19-10-9-18-34(37)23-28-46(47)49)45(22-13-29-48)50-43-26-24-35(32-14-5-3-6-15-32)30-39(43)40-31-36(25-27-44(40)50)33-16-7-4-8-17-33/h2-28,30-31H,1H2/b22-13+,45-41-. The molecule has 3 nitrogen and oxygen atoms in total. The first-order chi connectivity index (χ1) is 24.7. The largest absolute Gasteiger partial charge is 0.307 e. The lowest BCUT2D eigenvalue weighted by Gasteiger charge is -2.17. The van der Waals surface area contributed by atoms with Crippen molar-refractivity contribution in [1.29, 1.82) is 5.26 Å². The first-order valence-corrected chi connectivity index (χ1v) is 16.8. The van der Waals surface area contributed by atoms with Crippen molar-refractivity contribution in [3.63, 3.8) is 0 Å². The highest BCUT2D eigenvalue weighted by Gasteiger charge is 2.21. The Morgan fingerprint density at radius 2 is 1.00 bits per heavy atom. The lowest BCUT2D eigenvalue weighted by atomic mass is 10.0. The van der Waals surface area contributed by atoms with Crippen molar-refractivity contribution in [2.24, 2.45) is 0 Å². The van der Waals surface area contributed by atoms with Crippen molar-refractivity contribution in [2.75, 3.05) is 0 Å². The molecule has 0 atom stereocenters. The number of aromatic nitrogens is 2. The molecule has 0 N–H and O–H groups in total. The minimum absolute atomic E-state index is 0.859. The highest BCUT2D eigenvalue weighted by atomic mass is 15.1. The monoisotopic (exact) mass is 637 g/mol. The SMILES string of the molecule is C=C/C(=C(\C=C\C#N)n1c2ccc(-c3ccccc3)cc2c2cc(-c3ccccc3)ccc21)n1c2ccccc2c2c3ccccc3ccc21. The number of para-hydroxylation sites is 1. The Morgan fingerprint density at radius 3 is 1.62 bits per heavy atom. The van der Waals surface area contributed by atoms with E-state index >= 15 is 0 Å². The van der Waals surface area contributed by atoms with Crippen LogP contribution in [0.1, 0.15) is 0 Å². The van der Waals surface area contributed by atoms with E-state index in [1.807, 2.05) is 24.3 Å². The Bertz CT molecular complexity index is 2780. The molecular weight excluding hydrogens is 607 g/mol. The number of nitriles is 1. The Hall–Kier alpha value is -6.89. The van der Waals surface area contributed by atoms with Gasteiger partial charge in [-0.2, -0.15) is 5.26 Å². The van der Waals surface area contributed by atoms with Gasteiger partial charge in [0.15, 0.2) is 0 Å². The van der Waals surface area contributed by atoms with Crippen molar-refractivity contribution in [1.82, 2.24) is 9.13 Å². The summed E-state index contributed by atoms with van der Waals surface area (Å²) < 4.78 is 4.59. The second kappa shape index (κ2) is 12.0. The fourth-order valence-electron chi connectivity index (χ4n) is 7.60. The van der Waals surface area contributed by atoms with Gasteiger partial charge in [0.2, 0.25) is 0 Å². The molecule has 7 aromatic carbocycles. The van der Waals surface area contributed by atoms with E-state index in [1.54, 1.807) is 6.08 Å². The van der Waals surface area contributed by atoms with Gasteiger partial charge in [0.1, 0.15) is 0 Å². The summed E-state index contributed by atoms with van der Waals surface area (Å²) in [7, 11) is 0. The van der Waals surface area contributed by atoms with E-state index in [2.05, 4.69) is 167 Å². The first-order valence-electron chi connectivity index (χ1n) is 16.8. The molecule has 234 valence electrons. The zero-order chi connectivity index (χ0) is 33.6. The van der Waals surface area contributed by atoms with Crippen LogP contribution in [0.3, 0.4) is 0 Å². The zero-order valence-electron chi connectivity index (χ0n) is 27.3. The van der Waals surface area contributed by atoms with E-state index in [1.165, 1.54) is 32.7 Å². The van der Waals surface area contributed by atoms with Gasteiger partial charge >= 0.3 is 0 Å². The van der Waals surface area contributed by atoms with E-state index < -0.39 is 0 Å². The highest BCUT2D eigenvalue weighted by molar-refractivity contribution is 6.23. The number of hydrogen-bond donors (Lipinski definition) is 0. The van der Waals surface area contributed by atoms with Gasteiger partial charge in [-0.05, 0) is 81.6 Å². The molecule has 0 bridgehead atoms. The van der Waals surface area contributed by atoms with Crippen LogP contribution >= 0.6 is 0 Å². The third-order valence-electron chi connectivity index (χ3n) is 9.79. The smallest absolute Gasteiger partial charge is 0.0912 e. The Labute approximate surface area is 290 Å². The molecule has 2 heterocycles. The summed E-state index contributed by atoms with van der Waals surface area (Å²) in [4.78, 5) is 0. The van der Waals surface area contributed by atoms with E-state index in [4.69, 9.17) is 0 Å². The van der Waals surface area contributed by atoms with Crippen molar-refractivity contribution in [3.8, 4) is 28.3 Å². The summed E-state index contributed by atoms with van der Waals surface area (Å²) in [5.41, 5.74) is 10.6. The third kappa shape index (κ3) is 4.58. The molecular formula is C47H31N3. The highest BCUT2D eigenvalue weighted by Crippen LogP contribution is 2.41. The van der Waals surface area contributed by atoms with Crippen LogP contribution in [0, 0.1) is 11.3 Å². The molecule has 0 aliphatic heterocycles. The van der Waals surface area contributed by atoms with Crippen LogP contribution in [0.25, 0.3) is 88.0 Å². The molecule has 0 saturated heterocycles. The Kier molecular flexibility index (Phi) is 7.01. The van der Waals surface area contributed by atoms with Gasteiger partial charge < -0.3 is 9.13 Å². The topological polar surface area (TPSA) is 33.6 Å². The van der Waals surface area contributed by atoms with Crippen LogP contribution in [0.4, 0.5) is 0 Å². The maximum Gasteiger partial charge on any atom is 0.0912 e. The molecule has 0 amide bonds. The molecule has 0 spiro atoms. The Balaban J connectivity index is 1.41. The normalized spacial score (nSPS) is 12.3. The summed E-state index contributed by atoms with van der Waals surface area (Å²) >= 11 is 0. The molecule has 0 saturated carbocycles. The van der Waals surface area contributed by atoms with E-state index in [0.717, 1.165) is 55.4 Å². The average molecular weight is 638 g/mol. The van der Waals surface area contributed by atoms with Crippen LogP contribution in [0.15, 0.2) is 183 Å². The summed E-state index contributed by atoms with van der Waals surface area (Å²) in [6.07, 6.45) is 5.41. The maximum absolute atomic E-state index is 9.91.